The highest BCUT2D eigenvalue weighted by atomic mass is 32.2. The number of aromatic nitrogens is 2. The van der Waals surface area contributed by atoms with Crippen molar-refractivity contribution in [2.45, 2.75) is 35.7 Å². The van der Waals surface area contributed by atoms with Gasteiger partial charge in [-0.05, 0) is 62.2 Å². The number of hydrogen-bond donors (Lipinski definition) is 0. The number of aryl methyl sites for hydroxylation is 1. The maximum atomic E-state index is 13.6. The smallest absolute Gasteiger partial charge is 0.211 e. The van der Waals surface area contributed by atoms with Gasteiger partial charge in [0.05, 0.1) is 18.1 Å². The Labute approximate surface area is 185 Å². The summed E-state index contributed by atoms with van der Waals surface area (Å²) >= 11 is 1.33. The van der Waals surface area contributed by atoms with E-state index in [2.05, 4.69) is 11.2 Å². The lowest BCUT2D eigenvalue weighted by molar-refractivity contribution is 0.0140. The Balaban J connectivity index is 0.000000254. The van der Waals surface area contributed by atoms with E-state index >= 15 is 0 Å². The van der Waals surface area contributed by atoms with Gasteiger partial charge in [0.15, 0.2) is 0 Å². The molecule has 0 aliphatic carbocycles. The molecule has 1 aromatic heterocycles. The van der Waals surface area contributed by atoms with Crippen molar-refractivity contribution < 1.29 is 13.9 Å². The van der Waals surface area contributed by atoms with Crippen LogP contribution in [-0.4, -0.2) is 28.3 Å². The van der Waals surface area contributed by atoms with Gasteiger partial charge >= 0.3 is 0 Å². The predicted molar refractivity (Wildman–Crippen MR) is 117 cm³/mol. The third-order valence-electron chi connectivity index (χ3n) is 4.90. The molecule has 4 rings (SSSR count). The molecule has 0 N–H and O–H groups in total. The van der Waals surface area contributed by atoms with Gasteiger partial charge in [-0.2, -0.15) is 10.4 Å². The van der Waals surface area contributed by atoms with E-state index in [1.807, 2.05) is 19.1 Å². The number of rotatable bonds is 4. The summed E-state index contributed by atoms with van der Waals surface area (Å²) in [6.07, 6.45) is 3.72. The maximum Gasteiger partial charge on any atom is 0.211 e. The molecule has 1 aliphatic heterocycles. The quantitative estimate of drug-likeness (QED) is 0.521. The van der Waals surface area contributed by atoms with E-state index in [0.717, 1.165) is 24.3 Å². The molecule has 1 saturated heterocycles. The average molecular weight is 438 g/mol. The first kappa shape index (κ1) is 22.7. The summed E-state index contributed by atoms with van der Waals surface area (Å²) in [6, 6.07) is 17.7. The Morgan fingerprint density at radius 1 is 1.23 bits per heavy atom. The van der Waals surface area contributed by atoms with Crippen LogP contribution in [0.3, 0.4) is 0 Å². The van der Waals surface area contributed by atoms with E-state index in [4.69, 9.17) is 10.00 Å². The van der Waals surface area contributed by atoms with Crippen LogP contribution in [0, 0.1) is 23.1 Å². The van der Waals surface area contributed by atoms with Crippen LogP contribution >= 0.6 is 11.8 Å². The topological polar surface area (TPSA) is 67.9 Å². The number of hydrogen-bond acceptors (Lipinski definition) is 5. The lowest BCUT2D eigenvalue weighted by atomic mass is 9.98. The van der Waals surface area contributed by atoms with Gasteiger partial charge in [-0.3, -0.25) is 9.48 Å². The third-order valence-corrected chi connectivity index (χ3v) is 5.96. The third kappa shape index (κ3) is 6.27. The fourth-order valence-corrected chi connectivity index (χ4v) is 4.03. The van der Waals surface area contributed by atoms with Crippen molar-refractivity contribution in [3.63, 3.8) is 0 Å². The molecule has 1 unspecified atom stereocenters. The van der Waals surface area contributed by atoms with Gasteiger partial charge in [-0.15, -0.1) is 0 Å². The molecule has 0 radical (unpaired) electrons. The Morgan fingerprint density at radius 2 is 1.97 bits per heavy atom. The molecule has 0 spiro atoms. The molecule has 0 bridgehead atoms. The van der Waals surface area contributed by atoms with E-state index in [1.165, 1.54) is 17.8 Å². The van der Waals surface area contributed by atoms with Crippen molar-refractivity contribution in [3.8, 4) is 6.07 Å². The van der Waals surface area contributed by atoms with Crippen molar-refractivity contribution in [2.24, 2.45) is 13.0 Å². The highest BCUT2D eigenvalue weighted by Crippen LogP contribution is 2.29. The summed E-state index contributed by atoms with van der Waals surface area (Å²) < 4.78 is 20.4. The van der Waals surface area contributed by atoms with Crippen molar-refractivity contribution in [2.75, 3.05) is 6.61 Å². The first-order valence-corrected chi connectivity index (χ1v) is 10.9. The molecule has 2 atom stereocenters. The van der Waals surface area contributed by atoms with Gasteiger partial charge in [-0.1, -0.05) is 23.9 Å². The second-order valence-electron chi connectivity index (χ2n) is 7.26. The minimum atomic E-state index is -0.248. The molecule has 7 heteroatoms. The summed E-state index contributed by atoms with van der Waals surface area (Å²) in [6.45, 7) is 2.78. The summed E-state index contributed by atoms with van der Waals surface area (Å²) in [5.74, 6) is -0.0845. The zero-order valence-corrected chi connectivity index (χ0v) is 18.3. The summed E-state index contributed by atoms with van der Waals surface area (Å²) in [4.78, 5) is 13.8. The van der Waals surface area contributed by atoms with Crippen LogP contribution in [0.15, 0.2) is 70.6 Å². The van der Waals surface area contributed by atoms with E-state index in [0.29, 0.717) is 22.3 Å². The Morgan fingerprint density at radius 3 is 2.55 bits per heavy atom. The molecule has 3 aromatic rings. The molecule has 0 amide bonds. The Kier molecular flexibility index (Phi) is 7.99. The molecule has 31 heavy (non-hydrogen) atoms. The average Bonchev–Trinajstić information content (AvgIpc) is 3.21. The largest absolute Gasteiger partial charge is 0.378 e. The van der Waals surface area contributed by atoms with Gasteiger partial charge in [-0.25, -0.2) is 4.39 Å². The first-order valence-electron chi connectivity index (χ1n) is 10.0. The predicted octanol–water partition coefficient (Wildman–Crippen LogP) is 5.27. The van der Waals surface area contributed by atoms with E-state index in [-0.39, 0.29) is 17.5 Å². The molecular formula is C24H24FN3O2S. The van der Waals surface area contributed by atoms with Crippen molar-refractivity contribution >= 4 is 17.5 Å². The number of benzene rings is 2. The summed E-state index contributed by atoms with van der Waals surface area (Å²) in [5, 5.41) is 12.5. The number of nitrogens with zero attached hydrogens (tertiary/aromatic N) is 3. The van der Waals surface area contributed by atoms with Gasteiger partial charge in [0.25, 0.3) is 0 Å². The van der Waals surface area contributed by atoms with E-state index in [9.17, 15) is 9.18 Å². The first-order chi connectivity index (χ1) is 15.0. The normalized spacial score (nSPS) is 17.9. The SMILES string of the molecule is C[C@H]1CC(C#N)CCO1.Cn1nccc1C(=O)c1ccc(Sc2ccccc2F)cc1. The van der Waals surface area contributed by atoms with Crippen LogP contribution in [-0.2, 0) is 11.8 Å². The number of ketones is 1. The standard InChI is InChI=1S/C17H13FN2OS.C7H11NO/c1-20-15(10-11-19-20)17(21)12-6-8-13(9-7-12)22-16-5-3-2-4-14(16)18;1-6-4-7(5-8)2-3-9-6/h2-11H,1H3;6-7H,2-4H2,1H3/t;6-,7?/m.0/s1. The van der Waals surface area contributed by atoms with Gasteiger partial charge in [0, 0.05) is 35.2 Å². The van der Waals surface area contributed by atoms with Crippen molar-refractivity contribution in [1.29, 1.82) is 5.26 Å². The fourth-order valence-electron chi connectivity index (χ4n) is 3.19. The molecule has 1 fully saturated rings. The van der Waals surface area contributed by atoms with Crippen LogP contribution in [0.1, 0.15) is 35.8 Å². The Hall–Kier alpha value is -2.95. The zero-order valence-electron chi connectivity index (χ0n) is 17.5. The minimum absolute atomic E-state index is 0.0811. The molecule has 2 aromatic carbocycles. The second kappa shape index (κ2) is 10.9. The Bertz CT molecular complexity index is 1060. The molecule has 5 nitrogen and oxygen atoms in total. The number of carbonyl (C=O) groups is 1. The lowest BCUT2D eigenvalue weighted by Gasteiger charge is -2.21. The van der Waals surface area contributed by atoms with E-state index in [1.54, 1.807) is 54.3 Å². The van der Waals surface area contributed by atoms with Crippen LogP contribution in [0.2, 0.25) is 0 Å². The highest BCUT2D eigenvalue weighted by Gasteiger charge is 2.18. The van der Waals surface area contributed by atoms with Crippen molar-refractivity contribution in [1.82, 2.24) is 9.78 Å². The number of halogens is 1. The molecular weight excluding hydrogens is 413 g/mol. The molecule has 0 saturated carbocycles. The number of ether oxygens (including phenoxy) is 1. The highest BCUT2D eigenvalue weighted by molar-refractivity contribution is 7.99. The molecule has 1 aliphatic rings. The summed E-state index contributed by atoms with van der Waals surface area (Å²) in [5.41, 5.74) is 1.12. The van der Waals surface area contributed by atoms with Gasteiger partial charge < -0.3 is 4.74 Å². The molecule has 2 heterocycles. The van der Waals surface area contributed by atoms with Crippen LogP contribution in [0.4, 0.5) is 4.39 Å². The number of carbonyl (C=O) groups excluding carboxylic acids is 1. The fraction of sp³-hybridized carbons (Fsp3) is 0.292. The lowest BCUT2D eigenvalue weighted by Crippen LogP contribution is -2.21. The van der Waals surface area contributed by atoms with Gasteiger partial charge in [0.2, 0.25) is 5.78 Å². The zero-order chi connectivity index (χ0) is 22.2. The van der Waals surface area contributed by atoms with Crippen LogP contribution in [0.25, 0.3) is 0 Å². The molecule has 160 valence electrons. The minimum Gasteiger partial charge on any atom is -0.378 e. The second-order valence-corrected chi connectivity index (χ2v) is 8.37. The number of nitriles is 1. The monoisotopic (exact) mass is 437 g/mol. The van der Waals surface area contributed by atoms with E-state index < -0.39 is 0 Å². The van der Waals surface area contributed by atoms with Crippen LogP contribution in [0.5, 0.6) is 0 Å². The van der Waals surface area contributed by atoms with Crippen LogP contribution < -0.4 is 0 Å². The maximum absolute atomic E-state index is 13.6. The summed E-state index contributed by atoms with van der Waals surface area (Å²) in [7, 11) is 1.73. The van der Waals surface area contributed by atoms with Crippen molar-refractivity contribution in [3.05, 3.63) is 77.9 Å². The van der Waals surface area contributed by atoms with Gasteiger partial charge in [0.1, 0.15) is 11.5 Å².